The van der Waals surface area contributed by atoms with E-state index in [1.165, 1.54) is 0 Å². The Balaban J connectivity index is 1.79. The van der Waals surface area contributed by atoms with E-state index in [1.54, 1.807) is 7.11 Å². The molecule has 3 aromatic carbocycles. The number of rotatable bonds is 10. The summed E-state index contributed by atoms with van der Waals surface area (Å²) in [5, 5.41) is 5.80. The van der Waals surface area contributed by atoms with E-state index in [4.69, 9.17) is 9.47 Å². The van der Waals surface area contributed by atoms with E-state index in [9.17, 15) is 9.59 Å². The number of nitrogens with one attached hydrogen (secondary N) is 2. The highest BCUT2D eigenvalue weighted by Crippen LogP contribution is 2.30. The summed E-state index contributed by atoms with van der Waals surface area (Å²) >= 11 is 0. The smallest absolute Gasteiger partial charge is 0.408 e. The van der Waals surface area contributed by atoms with Crippen molar-refractivity contribution >= 4 is 12.0 Å². The van der Waals surface area contributed by atoms with Gasteiger partial charge in [0.15, 0.2) is 0 Å². The second-order valence-corrected chi connectivity index (χ2v) is 8.43. The molecule has 3 rings (SSSR count). The lowest BCUT2D eigenvalue weighted by atomic mass is 9.82. The SMILES string of the molecule is COc1ccc(C(C(C)C)C(NC(=O)OCc2ccccc2)C(=O)NCc2ccccc2)cc1. The molecule has 178 valence electrons. The molecule has 0 bridgehead atoms. The molecule has 2 amide bonds. The highest BCUT2D eigenvalue weighted by Gasteiger charge is 2.33. The lowest BCUT2D eigenvalue weighted by Crippen LogP contribution is -2.51. The number of benzene rings is 3. The van der Waals surface area contributed by atoms with Gasteiger partial charge in [0, 0.05) is 12.5 Å². The van der Waals surface area contributed by atoms with E-state index in [-0.39, 0.29) is 24.3 Å². The van der Waals surface area contributed by atoms with Gasteiger partial charge in [0.05, 0.1) is 7.11 Å². The molecule has 0 aliphatic carbocycles. The van der Waals surface area contributed by atoms with Gasteiger partial charge in [0.1, 0.15) is 18.4 Å². The van der Waals surface area contributed by atoms with Crippen molar-refractivity contribution in [3.05, 3.63) is 102 Å². The van der Waals surface area contributed by atoms with Gasteiger partial charge in [-0.1, -0.05) is 86.6 Å². The molecule has 0 fully saturated rings. The average Bonchev–Trinajstić information content (AvgIpc) is 2.87. The number of alkyl carbamates (subject to hydrolysis) is 1. The van der Waals surface area contributed by atoms with E-state index in [1.807, 2.05) is 98.8 Å². The number of hydrogen-bond acceptors (Lipinski definition) is 4. The van der Waals surface area contributed by atoms with Crippen molar-refractivity contribution in [2.75, 3.05) is 7.11 Å². The topological polar surface area (TPSA) is 76.7 Å². The Morgan fingerprint density at radius 1 is 0.824 bits per heavy atom. The van der Waals surface area contributed by atoms with Crippen LogP contribution in [0.1, 0.15) is 36.5 Å². The summed E-state index contributed by atoms with van der Waals surface area (Å²) in [4.78, 5) is 26.1. The number of carbonyl (C=O) groups is 2. The van der Waals surface area contributed by atoms with Crippen LogP contribution in [0, 0.1) is 5.92 Å². The molecule has 0 aliphatic rings. The molecule has 0 saturated carbocycles. The molecule has 2 N–H and O–H groups in total. The molecule has 0 heterocycles. The van der Waals surface area contributed by atoms with Crippen LogP contribution >= 0.6 is 0 Å². The lowest BCUT2D eigenvalue weighted by Gasteiger charge is -2.30. The first kappa shape index (κ1) is 24.8. The summed E-state index contributed by atoms with van der Waals surface area (Å²) < 4.78 is 10.7. The zero-order valence-electron chi connectivity index (χ0n) is 19.9. The Morgan fingerprint density at radius 3 is 1.97 bits per heavy atom. The molecule has 0 radical (unpaired) electrons. The van der Waals surface area contributed by atoms with Crippen LogP contribution < -0.4 is 15.4 Å². The van der Waals surface area contributed by atoms with Crippen LogP contribution in [-0.4, -0.2) is 25.2 Å². The van der Waals surface area contributed by atoms with Crippen molar-refractivity contribution in [3.8, 4) is 5.75 Å². The van der Waals surface area contributed by atoms with E-state index >= 15 is 0 Å². The molecule has 0 aromatic heterocycles. The lowest BCUT2D eigenvalue weighted by molar-refractivity contribution is -0.124. The minimum absolute atomic E-state index is 0.0651. The van der Waals surface area contributed by atoms with Crippen LogP contribution in [0.4, 0.5) is 4.79 Å². The fraction of sp³-hybridized carbons (Fsp3) is 0.286. The Labute approximate surface area is 201 Å². The standard InChI is InChI=1S/C28H32N2O4/c1-20(2)25(23-14-16-24(33-3)17-15-23)26(27(31)29-18-21-10-6-4-7-11-21)30-28(32)34-19-22-12-8-5-9-13-22/h4-17,20,25-26H,18-19H2,1-3H3,(H,29,31)(H,30,32). The second kappa shape index (κ2) is 12.4. The van der Waals surface area contributed by atoms with Gasteiger partial charge in [0.2, 0.25) is 5.91 Å². The van der Waals surface area contributed by atoms with Gasteiger partial charge in [-0.15, -0.1) is 0 Å². The molecular formula is C28H32N2O4. The summed E-state index contributed by atoms with van der Waals surface area (Å²) in [6.45, 7) is 4.55. The van der Waals surface area contributed by atoms with Crippen molar-refractivity contribution in [2.24, 2.45) is 5.92 Å². The Bertz CT molecular complexity index is 1040. The third-order valence-corrected chi connectivity index (χ3v) is 5.66. The third kappa shape index (κ3) is 7.10. The number of carbonyl (C=O) groups excluding carboxylic acids is 2. The van der Waals surface area contributed by atoms with Crippen molar-refractivity contribution in [2.45, 2.75) is 39.0 Å². The molecule has 34 heavy (non-hydrogen) atoms. The molecule has 2 atom stereocenters. The first-order chi connectivity index (χ1) is 16.5. The first-order valence-electron chi connectivity index (χ1n) is 11.4. The molecule has 3 aromatic rings. The van der Waals surface area contributed by atoms with Crippen LogP contribution in [0.15, 0.2) is 84.9 Å². The Morgan fingerprint density at radius 2 is 1.41 bits per heavy atom. The number of hydrogen-bond donors (Lipinski definition) is 2. The van der Waals surface area contributed by atoms with Gasteiger partial charge in [-0.25, -0.2) is 4.79 Å². The van der Waals surface area contributed by atoms with Crippen molar-refractivity contribution in [1.82, 2.24) is 10.6 Å². The summed E-state index contributed by atoms with van der Waals surface area (Å²) in [6.07, 6.45) is -0.636. The maximum Gasteiger partial charge on any atom is 0.408 e. The van der Waals surface area contributed by atoms with Gasteiger partial charge in [0.25, 0.3) is 0 Å². The Hall–Kier alpha value is -3.80. The summed E-state index contributed by atoms with van der Waals surface area (Å²) in [7, 11) is 1.61. The van der Waals surface area contributed by atoms with Crippen LogP contribution in [0.25, 0.3) is 0 Å². The zero-order chi connectivity index (χ0) is 24.3. The van der Waals surface area contributed by atoms with Crippen molar-refractivity contribution in [1.29, 1.82) is 0 Å². The maximum absolute atomic E-state index is 13.4. The minimum atomic E-state index is -0.819. The van der Waals surface area contributed by atoms with Crippen LogP contribution in [0.5, 0.6) is 5.75 Å². The van der Waals surface area contributed by atoms with Crippen LogP contribution in [0.3, 0.4) is 0 Å². The molecule has 0 spiro atoms. The summed E-state index contributed by atoms with van der Waals surface area (Å²) in [5.74, 6) is 0.253. The molecule has 0 aliphatic heterocycles. The van der Waals surface area contributed by atoms with Gasteiger partial charge in [-0.3, -0.25) is 4.79 Å². The van der Waals surface area contributed by atoms with Crippen molar-refractivity contribution < 1.29 is 19.1 Å². The molecule has 2 unspecified atom stereocenters. The predicted molar refractivity (Wildman–Crippen MR) is 132 cm³/mol. The largest absolute Gasteiger partial charge is 0.497 e. The molecular weight excluding hydrogens is 428 g/mol. The monoisotopic (exact) mass is 460 g/mol. The summed E-state index contributed by atoms with van der Waals surface area (Å²) in [6, 6.07) is 25.8. The van der Waals surface area contributed by atoms with Gasteiger partial charge >= 0.3 is 6.09 Å². The highest BCUT2D eigenvalue weighted by molar-refractivity contribution is 5.86. The van der Waals surface area contributed by atoms with Gasteiger partial charge < -0.3 is 20.1 Å². The number of amides is 2. The molecule has 6 nitrogen and oxygen atoms in total. The molecule has 0 saturated heterocycles. The van der Waals surface area contributed by atoms with Crippen LogP contribution in [0.2, 0.25) is 0 Å². The predicted octanol–water partition coefficient (Wildman–Crippen LogP) is 5.05. The average molecular weight is 461 g/mol. The maximum atomic E-state index is 13.4. The number of ether oxygens (including phenoxy) is 2. The normalized spacial score (nSPS) is 12.5. The van der Waals surface area contributed by atoms with E-state index < -0.39 is 12.1 Å². The molecule has 6 heteroatoms. The van der Waals surface area contributed by atoms with Gasteiger partial charge in [-0.05, 0) is 34.7 Å². The number of methoxy groups -OCH3 is 1. The van der Waals surface area contributed by atoms with E-state index in [0.29, 0.717) is 6.54 Å². The minimum Gasteiger partial charge on any atom is -0.497 e. The zero-order valence-corrected chi connectivity index (χ0v) is 19.9. The van der Waals surface area contributed by atoms with Crippen molar-refractivity contribution in [3.63, 3.8) is 0 Å². The van der Waals surface area contributed by atoms with E-state index in [0.717, 1.165) is 22.4 Å². The third-order valence-electron chi connectivity index (χ3n) is 5.66. The quantitative estimate of drug-likeness (QED) is 0.444. The first-order valence-corrected chi connectivity index (χ1v) is 11.4. The van der Waals surface area contributed by atoms with E-state index in [2.05, 4.69) is 10.6 Å². The summed E-state index contributed by atoms with van der Waals surface area (Å²) in [5.41, 5.74) is 2.78. The fourth-order valence-electron chi connectivity index (χ4n) is 3.89. The second-order valence-electron chi connectivity index (χ2n) is 8.43. The highest BCUT2D eigenvalue weighted by atomic mass is 16.5. The fourth-order valence-corrected chi connectivity index (χ4v) is 3.89. The van der Waals surface area contributed by atoms with Gasteiger partial charge in [-0.2, -0.15) is 0 Å². The Kier molecular flexibility index (Phi) is 9.09. The van der Waals surface area contributed by atoms with Crippen LogP contribution in [-0.2, 0) is 22.7 Å².